The van der Waals surface area contributed by atoms with Crippen molar-refractivity contribution >= 4 is 51.4 Å². The zero-order valence-corrected chi connectivity index (χ0v) is 18.1. The molecule has 0 aliphatic carbocycles. The van der Waals surface area contributed by atoms with Gasteiger partial charge in [-0.1, -0.05) is 29.8 Å². The molecule has 0 aliphatic rings. The third-order valence-corrected chi connectivity index (χ3v) is 5.77. The van der Waals surface area contributed by atoms with Crippen LogP contribution in [0.4, 0.5) is 10.7 Å². The van der Waals surface area contributed by atoms with Crippen LogP contribution in [-0.4, -0.2) is 24.9 Å². The lowest BCUT2D eigenvalue weighted by atomic mass is 10.1. The van der Waals surface area contributed by atoms with Crippen molar-refractivity contribution in [3.63, 3.8) is 0 Å². The number of rotatable bonds is 5. The van der Waals surface area contributed by atoms with Crippen molar-refractivity contribution in [1.82, 2.24) is 0 Å². The Labute approximate surface area is 182 Å². The molecule has 0 spiro atoms. The van der Waals surface area contributed by atoms with E-state index in [1.165, 1.54) is 13.2 Å². The third kappa shape index (κ3) is 4.69. The molecule has 8 heteroatoms. The molecule has 30 heavy (non-hydrogen) atoms. The smallest absolute Gasteiger partial charge is 0.341 e. The Hall–Kier alpha value is -3.16. The molecular formula is C22H19ClN2O4S. The van der Waals surface area contributed by atoms with Crippen LogP contribution < -0.4 is 10.6 Å². The summed E-state index contributed by atoms with van der Waals surface area (Å²) in [6.07, 6.45) is 0. The van der Waals surface area contributed by atoms with E-state index in [1.807, 2.05) is 25.1 Å². The number of hydrogen-bond acceptors (Lipinski definition) is 5. The summed E-state index contributed by atoms with van der Waals surface area (Å²) in [5, 5.41) is 6.17. The third-order valence-electron chi connectivity index (χ3n) is 4.33. The quantitative estimate of drug-likeness (QED) is 0.524. The van der Waals surface area contributed by atoms with E-state index >= 15 is 0 Å². The predicted octanol–water partition coefficient (Wildman–Crippen LogP) is 5.31. The molecule has 0 saturated carbocycles. The molecule has 1 heterocycles. The van der Waals surface area contributed by atoms with E-state index in [0.717, 1.165) is 16.9 Å². The van der Waals surface area contributed by atoms with Gasteiger partial charge in [-0.2, -0.15) is 0 Å². The fraction of sp³-hybridized carbons (Fsp3) is 0.136. The zero-order chi connectivity index (χ0) is 21.8. The molecule has 0 saturated heterocycles. The highest BCUT2D eigenvalue weighted by molar-refractivity contribution is 7.19. The van der Waals surface area contributed by atoms with Gasteiger partial charge in [0.15, 0.2) is 0 Å². The first-order valence-electron chi connectivity index (χ1n) is 8.96. The molecule has 1 aromatic heterocycles. The number of nitrogens with one attached hydrogen (secondary N) is 2. The second-order valence-corrected chi connectivity index (χ2v) is 8.00. The summed E-state index contributed by atoms with van der Waals surface area (Å²) >= 11 is 6.96. The minimum atomic E-state index is -0.639. The SMILES string of the molecule is COC(=O)c1c(NC(=O)c2cccc(Cl)c2)sc(C(=O)Nc2cccc(C)c2)c1C. The summed E-state index contributed by atoms with van der Waals surface area (Å²) in [6.45, 7) is 3.56. The number of aryl methyl sites for hydroxylation is 1. The first-order chi connectivity index (χ1) is 14.3. The van der Waals surface area contributed by atoms with E-state index in [2.05, 4.69) is 10.6 Å². The minimum absolute atomic E-state index is 0.146. The number of methoxy groups -OCH3 is 1. The maximum atomic E-state index is 12.8. The summed E-state index contributed by atoms with van der Waals surface area (Å²) in [5.41, 5.74) is 2.54. The summed E-state index contributed by atoms with van der Waals surface area (Å²) < 4.78 is 4.85. The van der Waals surface area contributed by atoms with Gasteiger partial charge in [-0.3, -0.25) is 9.59 Å². The van der Waals surface area contributed by atoms with Crippen LogP contribution in [-0.2, 0) is 4.74 Å². The number of carbonyl (C=O) groups is 3. The Kier molecular flexibility index (Phi) is 6.54. The molecule has 0 fully saturated rings. The zero-order valence-electron chi connectivity index (χ0n) is 16.5. The number of hydrogen-bond donors (Lipinski definition) is 2. The Morgan fingerprint density at radius 2 is 1.70 bits per heavy atom. The fourth-order valence-electron chi connectivity index (χ4n) is 2.88. The van der Waals surface area contributed by atoms with Crippen LogP contribution in [0.5, 0.6) is 0 Å². The number of benzene rings is 2. The highest BCUT2D eigenvalue weighted by Crippen LogP contribution is 2.34. The predicted molar refractivity (Wildman–Crippen MR) is 119 cm³/mol. The van der Waals surface area contributed by atoms with Gasteiger partial charge in [0.2, 0.25) is 0 Å². The second-order valence-electron chi connectivity index (χ2n) is 6.54. The van der Waals surface area contributed by atoms with Crippen LogP contribution in [0.3, 0.4) is 0 Å². The molecule has 0 atom stereocenters. The van der Waals surface area contributed by atoms with Crippen LogP contribution in [0.15, 0.2) is 48.5 Å². The second kappa shape index (κ2) is 9.11. The van der Waals surface area contributed by atoms with E-state index in [1.54, 1.807) is 31.2 Å². The maximum absolute atomic E-state index is 12.8. The summed E-state index contributed by atoms with van der Waals surface area (Å²) in [4.78, 5) is 38.1. The number of ether oxygens (including phenoxy) is 1. The molecule has 0 radical (unpaired) electrons. The Morgan fingerprint density at radius 3 is 2.37 bits per heavy atom. The molecule has 2 aromatic carbocycles. The van der Waals surface area contributed by atoms with Crippen LogP contribution in [0.25, 0.3) is 0 Å². The van der Waals surface area contributed by atoms with Crippen molar-refractivity contribution < 1.29 is 19.1 Å². The standard InChI is InChI=1S/C22H19ClN2O4S/c1-12-6-4-9-16(10-12)24-20(27)18-13(2)17(22(28)29-3)21(30-18)25-19(26)14-7-5-8-15(23)11-14/h4-11H,1-3H3,(H,24,27)(H,25,26). The van der Waals surface area contributed by atoms with Gasteiger partial charge in [0.1, 0.15) is 5.00 Å². The first kappa shape index (κ1) is 21.5. The molecule has 0 unspecified atom stereocenters. The topological polar surface area (TPSA) is 84.5 Å². The molecule has 6 nitrogen and oxygen atoms in total. The lowest BCUT2D eigenvalue weighted by molar-refractivity contribution is 0.0601. The molecule has 3 rings (SSSR count). The maximum Gasteiger partial charge on any atom is 0.341 e. The van der Waals surface area contributed by atoms with Crippen molar-refractivity contribution in [3.05, 3.63) is 80.7 Å². The van der Waals surface area contributed by atoms with Crippen LogP contribution >= 0.6 is 22.9 Å². The normalized spacial score (nSPS) is 10.4. The van der Waals surface area contributed by atoms with Gasteiger partial charge in [-0.05, 0) is 55.3 Å². The van der Waals surface area contributed by atoms with E-state index in [9.17, 15) is 14.4 Å². The van der Waals surface area contributed by atoms with Crippen LogP contribution in [0.1, 0.15) is 41.5 Å². The number of anilines is 2. The molecule has 3 aromatic rings. The largest absolute Gasteiger partial charge is 0.465 e. The van der Waals surface area contributed by atoms with Crippen molar-refractivity contribution in [1.29, 1.82) is 0 Å². The highest BCUT2D eigenvalue weighted by atomic mass is 35.5. The van der Waals surface area contributed by atoms with E-state index in [-0.39, 0.29) is 16.5 Å². The van der Waals surface area contributed by atoms with Crippen LogP contribution in [0.2, 0.25) is 5.02 Å². The summed E-state index contributed by atoms with van der Waals surface area (Å²) in [5.74, 6) is -1.47. The van der Waals surface area contributed by atoms with Gasteiger partial charge < -0.3 is 15.4 Å². The number of halogens is 1. The Morgan fingerprint density at radius 1 is 0.967 bits per heavy atom. The van der Waals surface area contributed by atoms with Crippen molar-refractivity contribution in [2.75, 3.05) is 17.7 Å². The van der Waals surface area contributed by atoms with Crippen LogP contribution in [0, 0.1) is 13.8 Å². The average Bonchev–Trinajstić information content (AvgIpc) is 3.03. The van der Waals surface area contributed by atoms with E-state index in [0.29, 0.717) is 26.7 Å². The number of carbonyl (C=O) groups excluding carboxylic acids is 3. The molecule has 0 aliphatic heterocycles. The van der Waals surface area contributed by atoms with Gasteiger partial charge in [0, 0.05) is 16.3 Å². The number of esters is 1. The van der Waals surface area contributed by atoms with Crippen molar-refractivity contribution in [2.24, 2.45) is 0 Å². The summed E-state index contributed by atoms with van der Waals surface area (Å²) in [6, 6.07) is 13.8. The van der Waals surface area contributed by atoms with Crippen molar-refractivity contribution in [3.8, 4) is 0 Å². The Bertz CT molecular complexity index is 1140. The van der Waals surface area contributed by atoms with Gasteiger partial charge in [0.25, 0.3) is 11.8 Å². The van der Waals surface area contributed by atoms with Gasteiger partial charge in [-0.25, -0.2) is 4.79 Å². The molecule has 154 valence electrons. The monoisotopic (exact) mass is 442 g/mol. The van der Waals surface area contributed by atoms with E-state index in [4.69, 9.17) is 16.3 Å². The average molecular weight is 443 g/mol. The van der Waals surface area contributed by atoms with Gasteiger partial charge in [0.05, 0.1) is 17.6 Å². The van der Waals surface area contributed by atoms with E-state index < -0.39 is 11.9 Å². The lowest BCUT2D eigenvalue weighted by Gasteiger charge is -2.06. The summed E-state index contributed by atoms with van der Waals surface area (Å²) in [7, 11) is 1.24. The highest BCUT2D eigenvalue weighted by Gasteiger charge is 2.26. The molecule has 2 amide bonds. The molecular weight excluding hydrogens is 424 g/mol. The lowest BCUT2D eigenvalue weighted by Crippen LogP contribution is -2.14. The molecule has 2 N–H and O–H groups in total. The first-order valence-corrected chi connectivity index (χ1v) is 10.2. The van der Waals surface area contributed by atoms with Gasteiger partial charge >= 0.3 is 5.97 Å². The van der Waals surface area contributed by atoms with Gasteiger partial charge in [-0.15, -0.1) is 11.3 Å². The number of thiophene rings is 1. The van der Waals surface area contributed by atoms with Crippen molar-refractivity contribution in [2.45, 2.75) is 13.8 Å². The Balaban J connectivity index is 1.94. The minimum Gasteiger partial charge on any atom is -0.465 e. The number of amides is 2. The fourth-order valence-corrected chi connectivity index (χ4v) is 4.16. The molecule has 0 bridgehead atoms.